The van der Waals surface area contributed by atoms with Gasteiger partial charge in [-0.2, -0.15) is 0 Å². The number of hydrogen-bond acceptors (Lipinski definition) is 2. The molecule has 2 nitrogen and oxygen atoms in total. The van der Waals surface area contributed by atoms with Gasteiger partial charge in [-0.1, -0.05) is 84.9 Å². The summed E-state index contributed by atoms with van der Waals surface area (Å²) in [4.78, 5) is 25.9. The minimum atomic E-state index is -0.379. The molecule has 0 saturated carbocycles. The van der Waals surface area contributed by atoms with E-state index in [0.717, 1.165) is 16.7 Å². The molecule has 0 aliphatic heterocycles. The van der Waals surface area contributed by atoms with Gasteiger partial charge in [0.25, 0.3) is 0 Å². The van der Waals surface area contributed by atoms with Gasteiger partial charge in [-0.25, -0.2) is 4.39 Å². The van der Waals surface area contributed by atoms with Crippen LogP contribution in [-0.4, -0.2) is 11.6 Å². The van der Waals surface area contributed by atoms with E-state index in [-0.39, 0.29) is 36.1 Å². The molecule has 0 fully saturated rings. The molecule has 158 valence electrons. The SMILES string of the molecule is O=C(C[C@H](CC(=O)c1ccc(-c2ccccc2)cc1)c1ccccc1)c1ccc(F)cc1. The Balaban J connectivity index is 1.52. The number of hydrogen-bond donors (Lipinski definition) is 0. The Morgan fingerprint density at radius 1 is 0.562 bits per heavy atom. The molecule has 0 aliphatic rings. The number of ketones is 2. The first kappa shape index (κ1) is 21.4. The number of Topliss-reactive ketones (excluding diaryl/α,β-unsaturated/α-hetero) is 2. The largest absolute Gasteiger partial charge is 0.294 e. The summed E-state index contributed by atoms with van der Waals surface area (Å²) < 4.78 is 13.2. The smallest absolute Gasteiger partial charge is 0.163 e. The highest BCUT2D eigenvalue weighted by Crippen LogP contribution is 2.28. The third-order valence-electron chi connectivity index (χ3n) is 5.61. The summed E-state index contributed by atoms with van der Waals surface area (Å²) in [7, 11) is 0. The van der Waals surface area contributed by atoms with E-state index < -0.39 is 0 Å². The molecule has 0 heterocycles. The van der Waals surface area contributed by atoms with Crippen molar-refractivity contribution >= 4 is 11.6 Å². The second-order valence-corrected chi connectivity index (χ2v) is 7.81. The Hall–Kier alpha value is -3.85. The van der Waals surface area contributed by atoms with E-state index in [1.807, 2.05) is 84.9 Å². The Morgan fingerprint density at radius 3 is 1.53 bits per heavy atom. The number of carbonyl (C=O) groups excluding carboxylic acids is 2. The van der Waals surface area contributed by atoms with Gasteiger partial charge in [0.05, 0.1) is 0 Å². The van der Waals surface area contributed by atoms with Crippen LogP contribution in [0.25, 0.3) is 11.1 Å². The molecule has 0 N–H and O–H groups in total. The molecular formula is C29H23FO2. The fourth-order valence-corrected chi connectivity index (χ4v) is 3.83. The van der Waals surface area contributed by atoms with Crippen molar-refractivity contribution in [2.75, 3.05) is 0 Å². The molecule has 0 unspecified atom stereocenters. The first-order valence-corrected chi connectivity index (χ1v) is 10.6. The lowest BCUT2D eigenvalue weighted by molar-refractivity contribution is 0.0944. The molecule has 0 saturated heterocycles. The molecule has 4 rings (SSSR count). The summed E-state index contributed by atoms with van der Waals surface area (Å²) in [6.45, 7) is 0. The van der Waals surface area contributed by atoms with Gasteiger partial charge in [-0.15, -0.1) is 0 Å². The molecule has 32 heavy (non-hydrogen) atoms. The summed E-state index contributed by atoms with van der Waals surface area (Å²) in [5.41, 5.74) is 4.16. The minimum absolute atomic E-state index is 0.00892. The monoisotopic (exact) mass is 422 g/mol. The Morgan fingerprint density at radius 2 is 1.00 bits per heavy atom. The van der Waals surface area contributed by atoms with Gasteiger partial charge in [0.2, 0.25) is 0 Å². The summed E-state index contributed by atoms with van der Waals surface area (Å²) in [5, 5.41) is 0. The van der Waals surface area contributed by atoms with Crippen molar-refractivity contribution in [3.05, 3.63) is 132 Å². The second-order valence-electron chi connectivity index (χ2n) is 7.81. The van der Waals surface area contributed by atoms with Gasteiger partial charge in [0, 0.05) is 24.0 Å². The van der Waals surface area contributed by atoms with Crippen molar-refractivity contribution in [2.24, 2.45) is 0 Å². The number of carbonyl (C=O) groups is 2. The van der Waals surface area contributed by atoms with Crippen LogP contribution in [0.15, 0.2) is 109 Å². The second kappa shape index (κ2) is 9.97. The van der Waals surface area contributed by atoms with Crippen molar-refractivity contribution in [2.45, 2.75) is 18.8 Å². The molecule has 0 bridgehead atoms. The fourth-order valence-electron chi connectivity index (χ4n) is 3.83. The normalized spacial score (nSPS) is 11.7. The molecule has 4 aromatic carbocycles. The third-order valence-corrected chi connectivity index (χ3v) is 5.61. The zero-order valence-corrected chi connectivity index (χ0v) is 17.6. The van der Waals surface area contributed by atoms with E-state index >= 15 is 0 Å². The lowest BCUT2D eigenvalue weighted by atomic mass is 9.86. The van der Waals surface area contributed by atoms with Crippen molar-refractivity contribution < 1.29 is 14.0 Å². The molecule has 0 radical (unpaired) electrons. The topological polar surface area (TPSA) is 34.1 Å². The average Bonchev–Trinajstić information content (AvgIpc) is 2.85. The van der Waals surface area contributed by atoms with Crippen LogP contribution in [0.3, 0.4) is 0 Å². The highest BCUT2D eigenvalue weighted by Gasteiger charge is 2.21. The summed E-state index contributed by atoms with van der Waals surface area (Å²) in [5.74, 6) is -0.748. The van der Waals surface area contributed by atoms with Crippen LogP contribution >= 0.6 is 0 Å². The third kappa shape index (κ3) is 5.25. The number of halogens is 1. The molecule has 4 aromatic rings. The minimum Gasteiger partial charge on any atom is -0.294 e. The molecule has 0 spiro atoms. The van der Waals surface area contributed by atoms with Gasteiger partial charge >= 0.3 is 0 Å². The van der Waals surface area contributed by atoms with Gasteiger partial charge in [0.15, 0.2) is 11.6 Å². The van der Waals surface area contributed by atoms with Crippen molar-refractivity contribution in [1.29, 1.82) is 0 Å². The van der Waals surface area contributed by atoms with Crippen LogP contribution < -0.4 is 0 Å². The van der Waals surface area contributed by atoms with Crippen LogP contribution in [0.5, 0.6) is 0 Å². The Labute approximate surface area is 187 Å². The average molecular weight is 422 g/mol. The molecule has 0 aliphatic carbocycles. The van der Waals surface area contributed by atoms with Gasteiger partial charge < -0.3 is 0 Å². The predicted molar refractivity (Wildman–Crippen MR) is 125 cm³/mol. The maximum atomic E-state index is 13.2. The van der Waals surface area contributed by atoms with E-state index in [0.29, 0.717) is 11.1 Å². The Kier molecular flexibility index (Phi) is 6.66. The highest BCUT2D eigenvalue weighted by atomic mass is 19.1. The van der Waals surface area contributed by atoms with Crippen molar-refractivity contribution in [3.8, 4) is 11.1 Å². The first-order chi connectivity index (χ1) is 15.6. The van der Waals surface area contributed by atoms with E-state index in [1.165, 1.54) is 24.3 Å². The van der Waals surface area contributed by atoms with Crippen LogP contribution in [0.4, 0.5) is 4.39 Å². The standard InChI is InChI=1S/C29H23FO2/c30-27-17-15-25(16-18-27)29(32)20-26(22-9-5-2-6-10-22)19-28(31)24-13-11-23(12-14-24)21-7-3-1-4-8-21/h1-18,26H,19-20H2/t26-/m0/s1. The van der Waals surface area contributed by atoms with Crippen LogP contribution in [-0.2, 0) is 0 Å². The van der Waals surface area contributed by atoms with E-state index in [4.69, 9.17) is 0 Å². The van der Waals surface area contributed by atoms with Crippen molar-refractivity contribution in [1.82, 2.24) is 0 Å². The highest BCUT2D eigenvalue weighted by molar-refractivity contribution is 5.99. The van der Waals surface area contributed by atoms with Gasteiger partial charge in [0.1, 0.15) is 5.82 Å². The molecule has 0 aromatic heterocycles. The summed E-state index contributed by atoms with van der Waals surface area (Å²) in [6, 6.07) is 32.7. The number of benzene rings is 4. The zero-order chi connectivity index (χ0) is 22.3. The van der Waals surface area contributed by atoms with Crippen molar-refractivity contribution in [3.63, 3.8) is 0 Å². The number of rotatable bonds is 8. The Bertz CT molecular complexity index is 1180. The fraction of sp³-hybridized carbons (Fsp3) is 0.103. The summed E-state index contributed by atoms with van der Waals surface area (Å²) >= 11 is 0. The van der Waals surface area contributed by atoms with Gasteiger partial charge in [-0.3, -0.25) is 9.59 Å². The molecular weight excluding hydrogens is 399 g/mol. The predicted octanol–water partition coefficient (Wildman–Crippen LogP) is 7.12. The van der Waals surface area contributed by atoms with Crippen LogP contribution in [0, 0.1) is 5.82 Å². The zero-order valence-electron chi connectivity index (χ0n) is 17.6. The lowest BCUT2D eigenvalue weighted by Gasteiger charge is -2.16. The van der Waals surface area contributed by atoms with E-state index in [1.54, 1.807) is 0 Å². The van der Waals surface area contributed by atoms with E-state index in [2.05, 4.69) is 0 Å². The lowest BCUT2D eigenvalue weighted by Crippen LogP contribution is -2.13. The van der Waals surface area contributed by atoms with Crippen LogP contribution in [0.2, 0.25) is 0 Å². The first-order valence-electron chi connectivity index (χ1n) is 10.6. The quantitative estimate of drug-likeness (QED) is 0.283. The molecule has 1 atom stereocenters. The maximum absolute atomic E-state index is 13.2. The van der Waals surface area contributed by atoms with Crippen LogP contribution in [0.1, 0.15) is 45.0 Å². The summed E-state index contributed by atoms with van der Waals surface area (Å²) in [6.07, 6.45) is 0.408. The van der Waals surface area contributed by atoms with E-state index in [9.17, 15) is 14.0 Å². The molecule has 0 amide bonds. The van der Waals surface area contributed by atoms with Gasteiger partial charge in [-0.05, 0) is 46.9 Å². The molecule has 3 heteroatoms. The maximum Gasteiger partial charge on any atom is 0.163 e.